The van der Waals surface area contributed by atoms with Gasteiger partial charge < -0.3 is 9.64 Å². The lowest BCUT2D eigenvalue weighted by Crippen LogP contribution is -2.48. The van der Waals surface area contributed by atoms with Crippen molar-refractivity contribution in [1.29, 1.82) is 5.26 Å². The average Bonchev–Trinajstić information content (AvgIpc) is 3.01. The predicted molar refractivity (Wildman–Crippen MR) is 158 cm³/mol. The first kappa shape index (κ1) is 29.5. The Hall–Kier alpha value is -4.02. The number of benzene rings is 4. The number of likely N-dealkylation sites (tertiary alicyclic amines) is 1. The first-order valence-electron chi connectivity index (χ1n) is 13.8. The van der Waals surface area contributed by atoms with Gasteiger partial charge in [-0.15, -0.1) is 0 Å². The van der Waals surface area contributed by atoms with Crippen LogP contribution in [0.25, 0.3) is 10.8 Å². The van der Waals surface area contributed by atoms with Crippen LogP contribution in [0.2, 0.25) is 5.02 Å². The predicted octanol–water partition coefficient (Wildman–Crippen LogP) is 8.59. The summed E-state index contributed by atoms with van der Waals surface area (Å²) in [6.45, 7) is 2.31. The number of carbonyl (C=O) groups is 1. The van der Waals surface area contributed by atoms with Gasteiger partial charge in [0.1, 0.15) is 11.2 Å². The van der Waals surface area contributed by atoms with Crippen molar-refractivity contribution in [2.45, 2.75) is 37.8 Å². The SMILES string of the molecule is COc1ccccc1C(c1cccc2ccccc12)[C@@](C)(C#N)C(=O)N1CCC(c2ccc(Cl)c(C(F)(F)F)c2)CC1. The number of nitriles is 1. The third-order valence-corrected chi connectivity index (χ3v) is 8.72. The number of alkyl halides is 3. The molecule has 4 aromatic carbocycles. The number of methoxy groups -OCH3 is 1. The number of nitrogens with zero attached hydrogens (tertiary/aromatic N) is 2. The molecule has 5 rings (SSSR count). The molecule has 8 heteroatoms. The molecule has 1 aliphatic rings. The molecule has 1 saturated heterocycles. The lowest BCUT2D eigenvalue weighted by molar-refractivity contribution is -0.140. The fourth-order valence-corrected chi connectivity index (χ4v) is 6.42. The third kappa shape index (κ3) is 5.44. The van der Waals surface area contributed by atoms with Gasteiger partial charge in [-0.2, -0.15) is 18.4 Å². The number of hydrogen-bond donors (Lipinski definition) is 0. The van der Waals surface area contributed by atoms with Crippen LogP contribution in [0.15, 0.2) is 84.9 Å². The molecule has 1 heterocycles. The molecule has 0 bridgehead atoms. The zero-order chi connectivity index (χ0) is 30.1. The van der Waals surface area contributed by atoms with Gasteiger partial charge in [0.2, 0.25) is 5.91 Å². The van der Waals surface area contributed by atoms with Gasteiger partial charge in [-0.1, -0.05) is 78.3 Å². The number of piperidine rings is 1. The summed E-state index contributed by atoms with van der Waals surface area (Å²) in [7, 11) is 1.57. The topological polar surface area (TPSA) is 53.3 Å². The first-order chi connectivity index (χ1) is 20.1. The summed E-state index contributed by atoms with van der Waals surface area (Å²) >= 11 is 5.83. The molecule has 0 aromatic heterocycles. The van der Waals surface area contributed by atoms with Crippen LogP contribution in [-0.2, 0) is 11.0 Å². The van der Waals surface area contributed by atoms with Crippen LogP contribution < -0.4 is 4.74 Å². The Kier molecular flexibility index (Phi) is 8.21. The summed E-state index contributed by atoms with van der Waals surface area (Å²) in [4.78, 5) is 16.0. The number of halogens is 4. The monoisotopic (exact) mass is 590 g/mol. The lowest BCUT2D eigenvalue weighted by atomic mass is 9.68. The third-order valence-electron chi connectivity index (χ3n) is 8.39. The van der Waals surface area contributed by atoms with Crippen LogP contribution in [0.4, 0.5) is 13.2 Å². The Morgan fingerprint density at radius 2 is 1.62 bits per heavy atom. The number of ether oxygens (including phenoxy) is 1. The van der Waals surface area contributed by atoms with Crippen molar-refractivity contribution >= 4 is 28.3 Å². The smallest absolute Gasteiger partial charge is 0.417 e. The minimum Gasteiger partial charge on any atom is -0.496 e. The second-order valence-electron chi connectivity index (χ2n) is 10.9. The molecule has 1 fully saturated rings. The molecule has 216 valence electrons. The summed E-state index contributed by atoms with van der Waals surface area (Å²) < 4.78 is 46.1. The number of hydrogen-bond acceptors (Lipinski definition) is 3. The Bertz CT molecular complexity index is 1650. The molecule has 0 radical (unpaired) electrons. The van der Waals surface area contributed by atoms with E-state index in [4.69, 9.17) is 16.3 Å². The molecule has 0 saturated carbocycles. The number of rotatable bonds is 6. The van der Waals surface area contributed by atoms with E-state index in [1.54, 1.807) is 25.0 Å². The van der Waals surface area contributed by atoms with Gasteiger partial charge >= 0.3 is 6.18 Å². The van der Waals surface area contributed by atoms with Crippen molar-refractivity contribution in [1.82, 2.24) is 4.90 Å². The van der Waals surface area contributed by atoms with E-state index in [2.05, 4.69) is 6.07 Å². The normalized spacial score (nSPS) is 16.5. The van der Waals surface area contributed by atoms with Gasteiger partial charge in [-0.25, -0.2) is 0 Å². The number of para-hydroxylation sites is 1. The van der Waals surface area contributed by atoms with Gasteiger partial charge in [0.05, 0.1) is 23.8 Å². The molecule has 2 atom stereocenters. The molecule has 1 aliphatic heterocycles. The summed E-state index contributed by atoms with van der Waals surface area (Å²) in [5, 5.41) is 12.3. The largest absolute Gasteiger partial charge is 0.496 e. The van der Waals surface area contributed by atoms with E-state index in [0.29, 0.717) is 37.2 Å². The van der Waals surface area contributed by atoms with Gasteiger partial charge in [0.15, 0.2) is 0 Å². The highest BCUT2D eigenvalue weighted by Gasteiger charge is 2.48. The molecule has 1 amide bonds. The van der Waals surface area contributed by atoms with Crippen LogP contribution in [-0.4, -0.2) is 31.0 Å². The summed E-state index contributed by atoms with van der Waals surface area (Å²) in [5.41, 5.74) is -0.248. The minimum absolute atomic E-state index is 0.163. The molecule has 0 N–H and O–H groups in total. The molecule has 42 heavy (non-hydrogen) atoms. The van der Waals surface area contributed by atoms with E-state index in [1.165, 1.54) is 6.07 Å². The van der Waals surface area contributed by atoms with E-state index in [1.807, 2.05) is 66.7 Å². The number of amides is 1. The maximum Gasteiger partial charge on any atom is 0.417 e. The highest BCUT2D eigenvalue weighted by atomic mass is 35.5. The van der Waals surface area contributed by atoms with Crippen LogP contribution >= 0.6 is 11.6 Å². The van der Waals surface area contributed by atoms with Crippen molar-refractivity contribution in [3.05, 3.63) is 112 Å². The Balaban J connectivity index is 1.50. The maximum absolute atomic E-state index is 14.3. The van der Waals surface area contributed by atoms with Crippen LogP contribution in [0, 0.1) is 16.7 Å². The van der Waals surface area contributed by atoms with Crippen molar-refractivity contribution < 1.29 is 22.7 Å². The fraction of sp³-hybridized carbons (Fsp3) is 0.294. The molecule has 0 spiro atoms. The first-order valence-corrected chi connectivity index (χ1v) is 14.1. The molecule has 0 aliphatic carbocycles. The zero-order valence-electron chi connectivity index (χ0n) is 23.3. The van der Waals surface area contributed by atoms with E-state index < -0.39 is 23.1 Å². The molecular weight excluding hydrogens is 561 g/mol. The average molecular weight is 591 g/mol. The van der Waals surface area contributed by atoms with Crippen LogP contribution in [0.1, 0.15) is 53.9 Å². The van der Waals surface area contributed by atoms with Crippen molar-refractivity contribution in [2.24, 2.45) is 5.41 Å². The number of carbonyl (C=O) groups excluding carboxylic acids is 1. The van der Waals surface area contributed by atoms with E-state index in [-0.39, 0.29) is 16.8 Å². The Morgan fingerprint density at radius 1 is 0.976 bits per heavy atom. The fourth-order valence-electron chi connectivity index (χ4n) is 6.19. The molecular formula is C34H30ClF3N2O2. The number of fused-ring (bicyclic) bond motifs is 1. The molecule has 1 unspecified atom stereocenters. The zero-order valence-corrected chi connectivity index (χ0v) is 24.0. The molecule has 4 aromatic rings. The van der Waals surface area contributed by atoms with E-state index in [0.717, 1.165) is 28.0 Å². The van der Waals surface area contributed by atoms with Gasteiger partial charge in [-0.05, 0) is 65.8 Å². The standard InChI is InChI=1S/C34H30ClF3N2O2/c1-33(21-39,32(41)40-18-16-22(17-19-40)24-14-15-29(35)28(20-24)34(36,37)38)31(27-11-5-6-13-30(27)42-2)26-12-7-9-23-8-3-4-10-25(23)26/h3-15,20,22,31H,16-19H2,1-2H3/t31?,33-/m1/s1. The second kappa shape index (κ2) is 11.7. The highest BCUT2D eigenvalue weighted by molar-refractivity contribution is 6.31. The Morgan fingerprint density at radius 3 is 2.31 bits per heavy atom. The van der Waals surface area contributed by atoms with Crippen LogP contribution in [0.3, 0.4) is 0 Å². The van der Waals surface area contributed by atoms with E-state index in [9.17, 15) is 23.2 Å². The van der Waals surface area contributed by atoms with E-state index >= 15 is 0 Å². The Labute approximate surface area is 248 Å². The van der Waals surface area contributed by atoms with Crippen molar-refractivity contribution in [3.8, 4) is 11.8 Å². The highest BCUT2D eigenvalue weighted by Crippen LogP contribution is 2.48. The van der Waals surface area contributed by atoms with Crippen molar-refractivity contribution in [2.75, 3.05) is 20.2 Å². The van der Waals surface area contributed by atoms with Crippen molar-refractivity contribution in [3.63, 3.8) is 0 Å². The van der Waals surface area contributed by atoms with Gasteiger partial charge in [-0.3, -0.25) is 4.79 Å². The second-order valence-corrected chi connectivity index (χ2v) is 11.3. The minimum atomic E-state index is -4.55. The summed E-state index contributed by atoms with van der Waals surface area (Å²) in [5.74, 6) is -0.560. The maximum atomic E-state index is 14.3. The molecule has 4 nitrogen and oxygen atoms in total. The quantitative estimate of drug-likeness (QED) is 0.226. The summed E-state index contributed by atoms with van der Waals surface area (Å²) in [6, 6.07) is 27.6. The summed E-state index contributed by atoms with van der Waals surface area (Å²) in [6.07, 6.45) is -3.60. The van der Waals surface area contributed by atoms with Gasteiger partial charge in [0, 0.05) is 24.6 Å². The van der Waals surface area contributed by atoms with Crippen LogP contribution in [0.5, 0.6) is 5.75 Å². The van der Waals surface area contributed by atoms with Gasteiger partial charge in [0.25, 0.3) is 0 Å². The lowest BCUT2D eigenvalue weighted by Gasteiger charge is -2.40.